The van der Waals surface area contributed by atoms with Crippen LogP contribution in [0.25, 0.3) is 0 Å². The Morgan fingerprint density at radius 2 is 1.70 bits per heavy atom. The first-order chi connectivity index (χ1) is 12.7. The lowest BCUT2D eigenvalue weighted by Gasteiger charge is -2.15. The van der Waals surface area contributed by atoms with Crippen LogP contribution in [0.1, 0.15) is 32.7 Å². The molecule has 0 saturated carbocycles. The maximum atomic E-state index is 12.9. The number of nitrogens with zero attached hydrogens (tertiary/aromatic N) is 1. The van der Waals surface area contributed by atoms with Crippen LogP contribution in [0.4, 0.5) is 13.2 Å². The van der Waals surface area contributed by atoms with Crippen molar-refractivity contribution in [2.45, 2.75) is 12.6 Å². The number of alkyl halides is 3. The van der Waals surface area contributed by atoms with E-state index in [4.69, 9.17) is 4.74 Å². The Kier molecular flexibility index (Phi) is 5.05. The van der Waals surface area contributed by atoms with Gasteiger partial charge in [0.25, 0.3) is 11.8 Å². The molecule has 140 valence electrons. The lowest BCUT2D eigenvalue weighted by molar-refractivity contribution is -0.142. The van der Waals surface area contributed by atoms with Crippen LogP contribution in [-0.4, -0.2) is 29.2 Å². The summed E-state index contributed by atoms with van der Waals surface area (Å²) in [4.78, 5) is 37.4. The molecule has 5 nitrogen and oxygen atoms in total. The van der Waals surface area contributed by atoms with Gasteiger partial charge in [0.15, 0.2) is 0 Å². The molecule has 1 heterocycles. The summed E-state index contributed by atoms with van der Waals surface area (Å²) >= 11 is 3.21. The van der Waals surface area contributed by atoms with Crippen molar-refractivity contribution in [3.63, 3.8) is 0 Å². The monoisotopic (exact) mass is 441 g/mol. The van der Waals surface area contributed by atoms with E-state index < -0.39 is 41.7 Å². The fourth-order valence-corrected chi connectivity index (χ4v) is 2.99. The van der Waals surface area contributed by atoms with E-state index in [2.05, 4.69) is 15.9 Å². The summed E-state index contributed by atoms with van der Waals surface area (Å²) in [5, 5.41) is 0. The van der Waals surface area contributed by atoms with Gasteiger partial charge in [-0.1, -0.05) is 28.1 Å². The zero-order valence-electron chi connectivity index (χ0n) is 13.5. The number of hydrogen-bond acceptors (Lipinski definition) is 4. The number of carbonyl (C=O) groups excluding carboxylic acids is 3. The van der Waals surface area contributed by atoms with Gasteiger partial charge in [-0.3, -0.25) is 19.3 Å². The van der Waals surface area contributed by atoms with Gasteiger partial charge in [0.2, 0.25) is 0 Å². The molecule has 27 heavy (non-hydrogen) atoms. The predicted molar refractivity (Wildman–Crippen MR) is 91.2 cm³/mol. The van der Waals surface area contributed by atoms with Gasteiger partial charge >= 0.3 is 12.1 Å². The van der Waals surface area contributed by atoms with Gasteiger partial charge in [0.05, 0.1) is 23.1 Å². The summed E-state index contributed by atoms with van der Waals surface area (Å²) in [7, 11) is 0. The lowest BCUT2D eigenvalue weighted by Crippen LogP contribution is -2.32. The third-order valence-electron chi connectivity index (χ3n) is 3.89. The van der Waals surface area contributed by atoms with Crippen LogP contribution in [0.3, 0.4) is 0 Å². The Balaban J connectivity index is 1.68. The van der Waals surface area contributed by atoms with E-state index in [1.165, 1.54) is 24.3 Å². The number of amides is 2. The minimum Gasteiger partial charge on any atom is -0.426 e. The minimum absolute atomic E-state index is 0.199. The topological polar surface area (TPSA) is 63.7 Å². The van der Waals surface area contributed by atoms with Crippen molar-refractivity contribution in [1.29, 1.82) is 0 Å². The highest BCUT2D eigenvalue weighted by atomic mass is 79.9. The molecular formula is C18H11BrF3NO4. The molecule has 0 saturated heterocycles. The van der Waals surface area contributed by atoms with Crippen LogP contribution in [0.2, 0.25) is 0 Å². The van der Waals surface area contributed by atoms with Gasteiger partial charge < -0.3 is 4.74 Å². The Morgan fingerprint density at radius 3 is 2.41 bits per heavy atom. The normalized spacial score (nSPS) is 13.7. The summed E-state index contributed by atoms with van der Waals surface area (Å²) in [6, 6.07) is 8.89. The molecule has 0 aliphatic carbocycles. The standard InChI is InChI=1S/C18H11BrF3NO4/c19-10-5-6-11-12(9-10)17(26)23(16(11)25)8-7-15(24)27-14-4-2-1-3-13(14)18(20,21)22/h1-6,9H,7-8H2. The maximum absolute atomic E-state index is 12.9. The van der Waals surface area contributed by atoms with E-state index in [1.807, 2.05) is 0 Å². The number of rotatable bonds is 4. The second-order valence-electron chi connectivity index (χ2n) is 5.67. The maximum Gasteiger partial charge on any atom is 0.419 e. The second-order valence-corrected chi connectivity index (χ2v) is 6.59. The smallest absolute Gasteiger partial charge is 0.419 e. The first-order valence-corrected chi connectivity index (χ1v) is 8.50. The molecule has 2 aromatic carbocycles. The molecular weight excluding hydrogens is 431 g/mol. The average Bonchev–Trinajstić information content (AvgIpc) is 2.83. The van der Waals surface area contributed by atoms with Gasteiger partial charge in [-0.25, -0.2) is 0 Å². The quantitative estimate of drug-likeness (QED) is 0.407. The van der Waals surface area contributed by atoms with Crippen molar-refractivity contribution in [3.05, 3.63) is 63.6 Å². The van der Waals surface area contributed by atoms with Crippen LogP contribution in [0.15, 0.2) is 46.9 Å². The molecule has 1 aliphatic rings. The fourth-order valence-electron chi connectivity index (χ4n) is 2.63. The summed E-state index contributed by atoms with van der Waals surface area (Å²) < 4.78 is 44.2. The van der Waals surface area contributed by atoms with E-state index in [9.17, 15) is 27.6 Å². The number of benzene rings is 2. The van der Waals surface area contributed by atoms with Gasteiger partial charge in [-0.05, 0) is 30.3 Å². The number of imide groups is 1. The van der Waals surface area contributed by atoms with Gasteiger partial charge in [-0.2, -0.15) is 13.2 Å². The second kappa shape index (κ2) is 7.15. The van der Waals surface area contributed by atoms with Gasteiger partial charge in [0.1, 0.15) is 5.75 Å². The third kappa shape index (κ3) is 3.87. The van der Waals surface area contributed by atoms with Gasteiger partial charge in [0, 0.05) is 11.0 Å². The van der Waals surface area contributed by atoms with E-state index in [0.717, 1.165) is 17.0 Å². The predicted octanol–water partition coefficient (Wildman–Crippen LogP) is 4.06. The zero-order valence-corrected chi connectivity index (χ0v) is 15.1. The van der Waals surface area contributed by atoms with Crippen LogP contribution in [0, 0.1) is 0 Å². The molecule has 0 bridgehead atoms. The molecule has 2 amide bonds. The van der Waals surface area contributed by atoms with Crippen molar-refractivity contribution >= 4 is 33.7 Å². The van der Waals surface area contributed by atoms with E-state index in [-0.39, 0.29) is 17.7 Å². The summed E-state index contributed by atoms with van der Waals surface area (Å²) in [6.07, 6.45) is -5.11. The molecule has 0 unspecified atom stereocenters. The molecule has 0 atom stereocenters. The molecule has 0 aromatic heterocycles. The van der Waals surface area contributed by atoms with Crippen LogP contribution >= 0.6 is 15.9 Å². The number of halogens is 4. The zero-order chi connectivity index (χ0) is 19.8. The van der Waals surface area contributed by atoms with Crippen molar-refractivity contribution in [2.24, 2.45) is 0 Å². The van der Waals surface area contributed by atoms with E-state index in [1.54, 1.807) is 6.07 Å². The molecule has 0 spiro atoms. The molecule has 3 rings (SSSR count). The number of esters is 1. The Bertz CT molecular complexity index is 942. The van der Waals surface area contributed by atoms with Crippen LogP contribution in [-0.2, 0) is 11.0 Å². The highest BCUT2D eigenvalue weighted by molar-refractivity contribution is 9.10. The van der Waals surface area contributed by atoms with Crippen LogP contribution < -0.4 is 4.74 Å². The van der Waals surface area contributed by atoms with Crippen molar-refractivity contribution in [3.8, 4) is 5.75 Å². The fraction of sp³-hybridized carbons (Fsp3) is 0.167. The molecule has 0 fully saturated rings. The van der Waals surface area contributed by atoms with E-state index in [0.29, 0.717) is 4.47 Å². The highest BCUT2D eigenvalue weighted by Gasteiger charge is 2.37. The Labute approximate surface area is 159 Å². The first-order valence-electron chi connectivity index (χ1n) is 7.71. The summed E-state index contributed by atoms with van der Waals surface area (Å²) in [6.45, 7) is -0.295. The lowest BCUT2D eigenvalue weighted by atomic mass is 10.1. The summed E-state index contributed by atoms with van der Waals surface area (Å²) in [5.41, 5.74) is -0.673. The number of para-hydroxylation sites is 1. The largest absolute Gasteiger partial charge is 0.426 e. The summed E-state index contributed by atoms with van der Waals surface area (Å²) in [5.74, 6) is -2.74. The minimum atomic E-state index is -4.67. The third-order valence-corrected chi connectivity index (χ3v) is 4.38. The highest BCUT2D eigenvalue weighted by Crippen LogP contribution is 2.36. The van der Waals surface area contributed by atoms with Crippen molar-refractivity contribution in [2.75, 3.05) is 6.54 Å². The first kappa shape index (κ1) is 19.1. The number of ether oxygens (including phenoxy) is 1. The van der Waals surface area contributed by atoms with Crippen molar-refractivity contribution < 1.29 is 32.3 Å². The number of fused-ring (bicyclic) bond motifs is 1. The molecule has 2 aromatic rings. The molecule has 9 heteroatoms. The Morgan fingerprint density at radius 1 is 1.04 bits per heavy atom. The SMILES string of the molecule is O=C(CCN1C(=O)c2ccc(Br)cc2C1=O)Oc1ccccc1C(F)(F)F. The van der Waals surface area contributed by atoms with E-state index >= 15 is 0 Å². The molecule has 1 aliphatic heterocycles. The number of carbonyl (C=O) groups is 3. The Hall–Kier alpha value is -2.68. The average molecular weight is 442 g/mol. The molecule has 0 N–H and O–H groups in total. The van der Waals surface area contributed by atoms with Crippen LogP contribution in [0.5, 0.6) is 5.75 Å². The van der Waals surface area contributed by atoms with Crippen molar-refractivity contribution in [1.82, 2.24) is 4.90 Å². The molecule has 0 radical (unpaired) electrons. The van der Waals surface area contributed by atoms with Gasteiger partial charge in [-0.15, -0.1) is 0 Å². The number of hydrogen-bond donors (Lipinski definition) is 0.